The molecule has 0 bridgehead atoms. The maximum atomic E-state index is 12.8. The molecule has 3 rings (SSSR count). The molecular formula is C19H19F3N2O3S. The summed E-state index contributed by atoms with van der Waals surface area (Å²) in [6.45, 7) is 0. The summed E-state index contributed by atoms with van der Waals surface area (Å²) in [7, 11) is -4.12. The van der Waals surface area contributed by atoms with Gasteiger partial charge in [0.15, 0.2) is 0 Å². The Hall–Kier alpha value is -2.55. The Morgan fingerprint density at radius 3 is 2.29 bits per heavy atom. The molecule has 2 aromatic rings. The van der Waals surface area contributed by atoms with Crippen LogP contribution in [-0.2, 0) is 21.0 Å². The van der Waals surface area contributed by atoms with E-state index in [1.165, 1.54) is 24.3 Å². The van der Waals surface area contributed by atoms with Crippen molar-refractivity contribution in [2.75, 3.05) is 10.0 Å². The first-order chi connectivity index (χ1) is 13.1. The summed E-state index contributed by atoms with van der Waals surface area (Å²) in [4.78, 5) is 12.1. The van der Waals surface area contributed by atoms with Gasteiger partial charge in [-0.3, -0.25) is 9.52 Å². The van der Waals surface area contributed by atoms with Gasteiger partial charge in [0.2, 0.25) is 5.91 Å². The van der Waals surface area contributed by atoms with Gasteiger partial charge in [0, 0.05) is 17.3 Å². The number of nitrogens with one attached hydrogen (secondary N) is 2. The third-order valence-electron chi connectivity index (χ3n) is 4.58. The largest absolute Gasteiger partial charge is 0.416 e. The molecule has 0 aliphatic heterocycles. The van der Waals surface area contributed by atoms with Crippen molar-refractivity contribution in [1.82, 2.24) is 0 Å². The Morgan fingerprint density at radius 1 is 0.964 bits per heavy atom. The number of rotatable bonds is 5. The van der Waals surface area contributed by atoms with Crippen molar-refractivity contribution < 1.29 is 26.4 Å². The molecule has 0 saturated heterocycles. The van der Waals surface area contributed by atoms with Gasteiger partial charge in [0.05, 0.1) is 10.5 Å². The van der Waals surface area contributed by atoms with Gasteiger partial charge < -0.3 is 5.32 Å². The predicted molar refractivity (Wildman–Crippen MR) is 99.3 cm³/mol. The van der Waals surface area contributed by atoms with E-state index in [4.69, 9.17) is 0 Å². The van der Waals surface area contributed by atoms with Crippen molar-refractivity contribution in [2.45, 2.75) is 36.8 Å². The number of carbonyl (C=O) groups is 1. The smallest absolute Gasteiger partial charge is 0.326 e. The SMILES string of the molecule is O=C(Nc1cccc(S(=O)(=O)Nc2cccc(C(F)(F)F)c2)c1)C1CCCC1. The second kappa shape index (κ2) is 7.83. The van der Waals surface area contributed by atoms with E-state index in [0.29, 0.717) is 5.69 Å². The van der Waals surface area contributed by atoms with Crippen molar-refractivity contribution >= 4 is 27.3 Å². The van der Waals surface area contributed by atoms with Gasteiger partial charge in [0.25, 0.3) is 10.0 Å². The molecule has 9 heteroatoms. The molecule has 5 nitrogen and oxygen atoms in total. The molecule has 1 saturated carbocycles. The second-order valence-electron chi connectivity index (χ2n) is 6.68. The normalized spacial score (nSPS) is 15.4. The Morgan fingerprint density at radius 2 is 1.61 bits per heavy atom. The van der Waals surface area contributed by atoms with Crippen LogP contribution in [0.15, 0.2) is 53.4 Å². The lowest BCUT2D eigenvalue weighted by Gasteiger charge is -2.13. The summed E-state index contributed by atoms with van der Waals surface area (Å²) in [6.07, 6.45) is -0.978. The predicted octanol–water partition coefficient (Wildman–Crippen LogP) is 4.63. The summed E-state index contributed by atoms with van der Waals surface area (Å²) < 4.78 is 65.7. The van der Waals surface area contributed by atoms with E-state index in [-0.39, 0.29) is 22.4 Å². The van der Waals surface area contributed by atoms with E-state index in [9.17, 15) is 26.4 Å². The topological polar surface area (TPSA) is 75.3 Å². The van der Waals surface area contributed by atoms with Crippen LogP contribution in [-0.4, -0.2) is 14.3 Å². The van der Waals surface area contributed by atoms with E-state index in [2.05, 4.69) is 10.0 Å². The van der Waals surface area contributed by atoms with Gasteiger partial charge in [-0.25, -0.2) is 8.42 Å². The maximum Gasteiger partial charge on any atom is 0.416 e. The number of halogens is 3. The van der Waals surface area contributed by atoms with Crippen LogP contribution in [0.4, 0.5) is 24.5 Å². The highest BCUT2D eigenvalue weighted by Crippen LogP contribution is 2.31. The third kappa shape index (κ3) is 4.83. The zero-order valence-corrected chi connectivity index (χ0v) is 15.6. The van der Waals surface area contributed by atoms with Crippen molar-refractivity contribution in [2.24, 2.45) is 5.92 Å². The molecule has 2 N–H and O–H groups in total. The first-order valence-electron chi connectivity index (χ1n) is 8.76. The van der Waals surface area contributed by atoms with Crippen molar-refractivity contribution in [1.29, 1.82) is 0 Å². The maximum absolute atomic E-state index is 12.8. The Labute approximate surface area is 161 Å². The minimum Gasteiger partial charge on any atom is -0.326 e. The first kappa shape index (κ1) is 20.2. The Bertz CT molecular complexity index is 968. The van der Waals surface area contributed by atoms with Crippen molar-refractivity contribution in [3.8, 4) is 0 Å². The molecule has 1 aliphatic carbocycles. The molecule has 2 aromatic carbocycles. The van der Waals surface area contributed by atoms with Crippen LogP contribution >= 0.6 is 0 Å². The fraction of sp³-hybridized carbons (Fsp3) is 0.316. The number of anilines is 2. The average molecular weight is 412 g/mol. The molecule has 0 aromatic heterocycles. The van der Waals surface area contributed by atoms with E-state index >= 15 is 0 Å². The molecule has 1 amide bonds. The van der Waals surface area contributed by atoms with Crippen LogP contribution in [0, 0.1) is 5.92 Å². The number of amides is 1. The zero-order valence-electron chi connectivity index (χ0n) is 14.8. The zero-order chi connectivity index (χ0) is 20.4. The van der Waals surface area contributed by atoms with E-state index in [1.807, 2.05) is 0 Å². The van der Waals surface area contributed by atoms with Crippen LogP contribution < -0.4 is 10.0 Å². The summed E-state index contributed by atoms with van der Waals surface area (Å²) in [5.74, 6) is -0.235. The van der Waals surface area contributed by atoms with Crippen LogP contribution in [0.2, 0.25) is 0 Å². The minimum absolute atomic E-state index is 0.0801. The number of benzene rings is 2. The standard InChI is InChI=1S/C19H19F3N2O3S/c20-19(21,22)14-7-3-9-16(11-14)24-28(26,27)17-10-4-8-15(12-17)23-18(25)13-5-1-2-6-13/h3-4,7-13,24H,1-2,5-6H2,(H,23,25). The highest BCUT2D eigenvalue weighted by atomic mass is 32.2. The van der Waals surface area contributed by atoms with Crippen LogP contribution in [0.3, 0.4) is 0 Å². The van der Waals surface area contributed by atoms with Crippen molar-refractivity contribution in [3.63, 3.8) is 0 Å². The molecule has 1 aliphatic rings. The minimum atomic E-state index is -4.58. The Kier molecular flexibility index (Phi) is 5.64. The number of alkyl halides is 3. The third-order valence-corrected chi connectivity index (χ3v) is 5.96. The lowest BCUT2D eigenvalue weighted by Crippen LogP contribution is -2.20. The average Bonchev–Trinajstić information content (AvgIpc) is 3.16. The number of hydrogen-bond acceptors (Lipinski definition) is 3. The summed E-state index contributed by atoms with van der Waals surface area (Å²) >= 11 is 0. The molecule has 0 radical (unpaired) electrons. The second-order valence-corrected chi connectivity index (χ2v) is 8.36. The molecule has 0 spiro atoms. The van der Waals surface area contributed by atoms with E-state index in [0.717, 1.165) is 43.9 Å². The van der Waals surface area contributed by atoms with Gasteiger partial charge in [-0.2, -0.15) is 13.2 Å². The molecule has 150 valence electrons. The number of sulfonamides is 1. The fourth-order valence-corrected chi connectivity index (χ4v) is 4.24. The first-order valence-corrected chi connectivity index (χ1v) is 10.2. The van der Waals surface area contributed by atoms with Crippen LogP contribution in [0.5, 0.6) is 0 Å². The van der Waals surface area contributed by atoms with Crippen LogP contribution in [0.1, 0.15) is 31.2 Å². The van der Waals surface area contributed by atoms with E-state index < -0.39 is 21.8 Å². The quantitative estimate of drug-likeness (QED) is 0.752. The van der Waals surface area contributed by atoms with E-state index in [1.54, 1.807) is 6.07 Å². The van der Waals surface area contributed by atoms with Gasteiger partial charge in [-0.15, -0.1) is 0 Å². The molecule has 0 heterocycles. The van der Waals surface area contributed by atoms with Gasteiger partial charge >= 0.3 is 6.18 Å². The molecule has 0 unspecified atom stereocenters. The highest BCUT2D eigenvalue weighted by molar-refractivity contribution is 7.92. The fourth-order valence-electron chi connectivity index (χ4n) is 3.15. The summed E-state index contributed by atoms with van der Waals surface area (Å²) in [5, 5.41) is 2.71. The van der Waals surface area contributed by atoms with Gasteiger partial charge in [0.1, 0.15) is 0 Å². The molecule has 28 heavy (non-hydrogen) atoms. The molecule has 0 atom stereocenters. The lowest BCUT2D eigenvalue weighted by atomic mass is 10.1. The highest BCUT2D eigenvalue weighted by Gasteiger charge is 2.31. The number of hydrogen-bond donors (Lipinski definition) is 2. The molecular weight excluding hydrogens is 393 g/mol. The summed E-state index contributed by atoms with van der Waals surface area (Å²) in [5.41, 5.74) is -0.829. The molecule has 1 fully saturated rings. The van der Waals surface area contributed by atoms with Gasteiger partial charge in [-0.1, -0.05) is 25.0 Å². The van der Waals surface area contributed by atoms with Crippen molar-refractivity contribution in [3.05, 3.63) is 54.1 Å². The Balaban J connectivity index is 1.78. The monoisotopic (exact) mass is 412 g/mol. The van der Waals surface area contributed by atoms with Gasteiger partial charge in [-0.05, 0) is 49.2 Å². The lowest BCUT2D eigenvalue weighted by molar-refractivity contribution is -0.137. The number of carbonyl (C=O) groups excluding carboxylic acids is 1. The van der Waals surface area contributed by atoms with Crippen LogP contribution in [0.25, 0.3) is 0 Å². The summed E-state index contributed by atoms with van der Waals surface area (Å²) in [6, 6.07) is 9.56.